The molecule has 0 saturated heterocycles. The van der Waals surface area contributed by atoms with E-state index in [0.717, 1.165) is 22.8 Å². The van der Waals surface area contributed by atoms with E-state index in [1.807, 2.05) is 79.2 Å². The van der Waals surface area contributed by atoms with Crippen molar-refractivity contribution in [3.8, 4) is 11.4 Å². The number of carbonyl (C=O) groups excluding carboxylic acids is 1. The number of nitrogens with zero attached hydrogens (tertiary/aromatic N) is 2. The van der Waals surface area contributed by atoms with Gasteiger partial charge >= 0.3 is 0 Å². The Hall–Kier alpha value is -2.88. The molecular weight excluding hydrogens is 274 g/mol. The van der Waals surface area contributed by atoms with E-state index in [0.29, 0.717) is 5.69 Å². The highest BCUT2D eigenvalue weighted by molar-refractivity contribution is 6.04. The maximum Gasteiger partial charge on any atom is 0.276 e. The summed E-state index contributed by atoms with van der Waals surface area (Å²) in [7, 11) is 1.92. The van der Waals surface area contributed by atoms with Gasteiger partial charge in [0.05, 0.1) is 0 Å². The minimum absolute atomic E-state index is 0.193. The first-order chi connectivity index (χ1) is 10.7. The molecule has 1 N–H and O–H groups in total. The van der Waals surface area contributed by atoms with Gasteiger partial charge in [0.2, 0.25) is 0 Å². The Balaban J connectivity index is 1.94. The predicted octanol–water partition coefficient (Wildman–Crippen LogP) is 3.65. The summed E-state index contributed by atoms with van der Waals surface area (Å²) in [6, 6.07) is 19.3. The smallest absolute Gasteiger partial charge is 0.276 e. The summed E-state index contributed by atoms with van der Waals surface area (Å²) < 4.78 is 1.94. The summed E-state index contributed by atoms with van der Waals surface area (Å²) in [5.74, 6) is 0.595. The van der Waals surface area contributed by atoms with Crippen LogP contribution in [-0.4, -0.2) is 15.5 Å². The summed E-state index contributed by atoms with van der Waals surface area (Å²) in [6.45, 7) is 1.90. The molecular formula is C18H17N3O. The van der Waals surface area contributed by atoms with Crippen LogP contribution in [0, 0.1) is 6.92 Å². The summed E-state index contributed by atoms with van der Waals surface area (Å²) in [4.78, 5) is 17.0. The third-order valence-electron chi connectivity index (χ3n) is 3.66. The van der Waals surface area contributed by atoms with Gasteiger partial charge in [-0.2, -0.15) is 0 Å². The maximum atomic E-state index is 12.4. The number of anilines is 1. The Kier molecular flexibility index (Phi) is 3.74. The molecule has 1 heterocycles. The van der Waals surface area contributed by atoms with Crippen LogP contribution in [0.25, 0.3) is 11.4 Å². The van der Waals surface area contributed by atoms with Gasteiger partial charge in [0.25, 0.3) is 5.91 Å². The zero-order valence-corrected chi connectivity index (χ0v) is 12.6. The van der Waals surface area contributed by atoms with Gasteiger partial charge in [-0.3, -0.25) is 4.79 Å². The van der Waals surface area contributed by atoms with Crippen molar-refractivity contribution in [3.63, 3.8) is 0 Å². The fourth-order valence-electron chi connectivity index (χ4n) is 2.35. The fourth-order valence-corrected chi connectivity index (χ4v) is 2.35. The first-order valence-electron chi connectivity index (χ1n) is 7.12. The monoisotopic (exact) mass is 291 g/mol. The average molecular weight is 291 g/mol. The van der Waals surface area contributed by atoms with Crippen LogP contribution in [0.2, 0.25) is 0 Å². The standard InChI is InChI=1S/C18H17N3O/c1-13-16(18(22)19-15-11-7-4-8-12-15)20-17(21(13)2)14-9-5-3-6-10-14/h3-12H,1-2H3,(H,19,22). The zero-order valence-electron chi connectivity index (χ0n) is 12.6. The molecule has 22 heavy (non-hydrogen) atoms. The number of aromatic nitrogens is 2. The van der Waals surface area contributed by atoms with Crippen LogP contribution >= 0.6 is 0 Å². The van der Waals surface area contributed by atoms with Gasteiger partial charge < -0.3 is 9.88 Å². The highest BCUT2D eigenvalue weighted by Crippen LogP contribution is 2.21. The number of nitrogens with one attached hydrogen (secondary N) is 1. The second kappa shape index (κ2) is 5.85. The molecule has 4 nitrogen and oxygen atoms in total. The largest absolute Gasteiger partial charge is 0.331 e. The van der Waals surface area contributed by atoms with Crippen molar-refractivity contribution in [3.05, 3.63) is 72.1 Å². The number of hydrogen-bond acceptors (Lipinski definition) is 2. The molecule has 3 aromatic rings. The maximum absolute atomic E-state index is 12.4. The highest BCUT2D eigenvalue weighted by Gasteiger charge is 2.18. The Morgan fingerprint density at radius 3 is 2.23 bits per heavy atom. The Morgan fingerprint density at radius 1 is 1.00 bits per heavy atom. The summed E-state index contributed by atoms with van der Waals surface area (Å²) in [5, 5.41) is 2.88. The van der Waals surface area contributed by atoms with Crippen molar-refractivity contribution in [1.82, 2.24) is 9.55 Å². The number of hydrogen-bond donors (Lipinski definition) is 1. The molecule has 2 aromatic carbocycles. The van der Waals surface area contributed by atoms with E-state index in [4.69, 9.17) is 0 Å². The summed E-state index contributed by atoms with van der Waals surface area (Å²) in [6.07, 6.45) is 0. The van der Waals surface area contributed by atoms with E-state index < -0.39 is 0 Å². The van der Waals surface area contributed by atoms with Crippen molar-refractivity contribution in [2.75, 3.05) is 5.32 Å². The first kappa shape index (κ1) is 14.1. The lowest BCUT2D eigenvalue weighted by Gasteiger charge is -2.04. The first-order valence-corrected chi connectivity index (χ1v) is 7.12. The van der Waals surface area contributed by atoms with Gasteiger partial charge in [0.1, 0.15) is 11.5 Å². The van der Waals surface area contributed by atoms with E-state index in [1.165, 1.54) is 0 Å². The molecule has 1 amide bonds. The lowest BCUT2D eigenvalue weighted by atomic mass is 10.2. The number of carbonyl (C=O) groups is 1. The number of benzene rings is 2. The molecule has 0 unspecified atom stereocenters. The molecule has 0 aliphatic rings. The number of rotatable bonds is 3. The molecule has 0 radical (unpaired) electrons. The van der Waals surface area contributed by atoms with Crippen molar-refractivity contribution in [1.29, 1.82) is 0 Å². The normalized spacial score (nSPS) is 10.5. The quantitative estimate of drug-likeness (QED) is 0.800. The minimum Gasteiger partial charge on any atom is -0.331 e. The molecule has 0 fully saturated rings. The fraction of sp³-hybridized carbons (Fsp3) is 0.111. The average Bonchev–Trinajstić information content (AvgIpc) is 2.85. The van der Waals surface area contributed by atoms with E-state index in [-0.39, 0.29) is 5.91 Å². The van der Waals surface area contributed by atoms with Crippen LogP contribution in [-0.2, 0) is 7.05 Å². The third-order valence-corrected chi connectivity index (χ3v) is 3.66. The SMILES string of the molecule is Cc1c(C(=O)Nc2ccccc2)nc(-c2ccccc2)n1C. The molecule has 110 valence electrons. The second-order valence-electron chi connectivity index (χ2n) is 5.11. The van der Waals surface area contributed by atoms with E-state index >= 15 is 0 Å². The molecule has 0 aliphatic heterocycles. The van der Waals surface area contributed by atoms with E-state index in [1.54, 1.807) is 0 Å². The van der Waals surface area contributed by atoms with Gasteiger partial charge in [0, 0.05) is 24.0 Å². The van der Waals surface area contributed by atoms with Crippen LogP contribution in [0.1, 0.15) is 16.2 Å². The summed E-state index contributed by atoms with van der Waals surface area (Å²) in [5.41, 5.74) is 3.04. The minimum atomic E-state index is -0.193. The van der Waals surface area contributed by atoms with Gasteiger partial charge in [0.15, 0.2) is 0 Å². The molecule has 3 rings (SSSR count). The summed E-state index contributed by atoms with van der Waals surface area (Å²) >= 11 is 0. The third kappa shape index (κ3) is 2.63. The van der Waals surface area contributed by atoms with Crippen LogP contribution in [0.5, 0.6) is 0 Å². The van der Waals surface area contributed by atoms with Crippen molar-refractivity contribution in [2.24, 2.45) is 7.05 Å². The number of imidazole rings is 1. The molecule has 0 saturated carbocycles. The van der Waals surface area contributed by atoms with Gasteiger partial charge in [-0.15, -0.1) is 0 Å². The lowest BCUT2D eigenvalue weighted by Crippen LogP contribution is -2.13. The van der Waals surface area contributed by atoms with Crippen LogP contribution < -0.4 is 5.32 Å². The molecule has 1 aromatic heterocycles. The van der Waals surface area contributed by atoms with Crippen LogP contribution in [0.15, 0.2) is 60.7 Å². The molecule has 0 bridgehead atoms. The van der Waals surface area contributed by atoms with Gasteiger partial charge in [-0.25, -0.2) is 4.98 Å². The van der Waals surface area contributed by atoms with Gasteiger partial charge in [-0.05, 0) is 19.1 Å². The second-order valence-corrected chi connectivity index (χ2v) is 5.11. The Labute approximate surface area is 129 Å². The van der Waals surface area contributed by atoms with Gasteiger partial charge in [-0.1, -0.05) is 48.5 Å². The number of para-hydroxylation sites is 1. The molecule has 4 heteroatoms. The molecule has 0 aliphatic carbocycles. The lowest BCUT2D eigenvalue weighted by molar-refractivity contribution is 0.102. The van der Waals surface area contributed by atoms with Crippen LogP contribution in [0.4, 0.5) is 5.69 Å². The predicted molar refractivity (Wildman–Crippen MR) is 87.8 cm³/mol. The Morgan fingerprint density at radius 2 is 1.59 bits per heavy atom. The molecule has 0 atom stereocenters. The van der Waals surface area contributed by atoms with Crippen molar-refractivity contribution in [2.45, 2.75) is 6.92 Å². The van der Waals surface area contributed by atoms with Crippen LogP contribution in [0.3, 0.4) is 0 Å². The van der Waals surface area contributed by atoms with E-state index in [9.17, 15) is 4.79 Å². The van der Waals surface area contributed by atoms with Crippen molar-refractivity contribution < 1.29 is 4.79 Å². The topological polar surface area (TPSA) is 46.9 Å². The number of amides is 1. The highest BCUT2D eigenvalue weighted by atomic mass is 16.1. The van der Waals surface area contributed by atoms with Crippen molar-refractivity contribution >= 4 is 11.6 Å². The zero-order chi connectivity index (χ0) is 15.5. The molecule has 0 spiro atoms. The Bertz CT molecular complexity index is 792. The van der Waals surface area contributed by atoms with E-state index in [2.05, 4.69) is 10.3 Å².